The monoisotopic (exact) mass is 239 g/mol. The zero-order valence-corrected chi connectivity index (χ0v) is 10.9. The van der Waals surface area contributed by atoms with Crippen molar-refractivity contribution < 1.29 is 0 Å². The van der Waals surface area contributed by atoms with Crippen LogP contribution in [0.4, 0.5) is 5.69 Å². The molecule has 0 saturated carbocycles. The maximum atomic E-state index is 3.80. The number of unbranched alkanes of at least 4 members (excludes halogenated alkanes) is 1. The van der Waals surface area contributed by atoms with Crippen LogP contribution in [0.3, 0.4) is 0 Å². The number of para-hydroxylation sites is 1. The average Bonchev–Trinajstić information content (AvgIpc) is 2.46. The van der Waals surface area contributed by atoms with Gasteiger partial charge in [-0.05, 0) is 43.9 Å². The molecule has 0 aliphatic heterocycles. The molecule has 0 N–H and O–H groups in total. The Morgan fingerprint density at radius 1 is 1.17 bits per heavy atom. The van der Waals surface area contributed by atoms with E-state index in [0.29, 0.717) is 0 Å². The van der Waals surface area contributed by atoms with Crippen molar-refractivity contribution in [1.29, 1.82) is 0 Å². The van der Waals surface area contributed by atoms with Gasteiger partial charge in [-0.1, -0.05) is 36.4 Å². The molecule has 0 bridgehead atoms. The normalized spacial score (nSPS) is 14.1. The minimum Gasteiger partial charge on any atom is -0.342 e. The van der Waals surface area contributed by atoms with Gasteiger partial charge in [0.15, 0.2) is 0 Å². The zero-order valence-electron chi connectivity index (χ0n) is 10.9. The van der Waals surface area contributed by atoms with E-state index < -0.39 is 0 Å². The summed E-state index contributed by atoms with van der Waals surface area (Å²) in [5.74, 6) is 0. The molecule has 0 radical (unpaired) electrons. The van der Waals surface area contributed by atoms with E-state index >= 15 is 0 Å². The molecule has 0 heterocycles. The lowest BCUT2D eigenvalue weighted by Gasteiger charge is -2.27. The van der Waals surface area contributed by atoms with Crippen LogP contribution in [-0.4, -0.2) is 6.54 Å². The zero-order chi connectivity index (χ0) is 12.6. The topological polar surface area (TPSA) is 3.24 Å². The molecule has 0 amide bonds. The van der Waals surface area contributed by atoms with Gasteiger partial charge >= 0.3 is 0 Å². The molecule has 1 heteroatoms. The standard InChI is InChI=1S/C17H21N/c1-2-3-10-15-18(16-11-6-4-7-12-16)17-13-8-5-9-14-17/h2,4,6-8,11-14H,1,3,5,9-10,15H2. The first-order valence-electron chi connectivity index (χ1n) is 6.72. The van der Waals surface area contributed by atoms with Crippen molar-refractivity contribution in [2.24, 2.45) is 0 Å². The Hall–Kier alpha value is -1.76. The number of anilines is 1. The summed E-state index contributed by atoms with van der Waals surface area (Å²) < 4.78 is 0. The number of benzene rings is 1. The molecular formula is C17H21N. The third-order valence-electron chi connectivity index (χ3n) is 3.14. The van der Waals surface area contributed by atoms with Gasteiger partial charge < -0.3 is 4.90 Å². The van der Waals surface area contributed by atoms with Crippen molar-refractivity contribution in [3.63, 3.8) is 0 Å². The van der Waals surface area contributed by atoms with Gasteiger partial charge in [0.05, 0.1) is 0 Å². The van der Waals surface area contributed by atoms with Crippen LogP contribution in [0.5, 0.6) is 0 Å². The second kappa shape index (κ2) is 6.85. The quantitative estimate of drug-likeness (QED) is 0.514. The number of hydrogen-bond donors (Lipinski definition) is 0. The fourth-order valence-electron chi connectivity index (χ4n) is 2.21. The van der Waals surface area contributed by atoms with Gasteiger partial charge in [-0.3, -0.25) is 0 Å². The van der Waals surface area contributed by atoms with Crippen LogP contribution in [-0.2, 0) is 0 Å². The predicted molar refractivity (Wildman–Crippen MR) is 79.7 cm³/mol. The Bertz CT molecular complexity index is 428. The summed E-state index contributed by atoms with van der Waals surface area (Å²) in [6.45, 7) is 4.84. The fraction of sp³-hybridized carbons (Fsp3) is 0.294. The second-order valence-corrected chi connectivity index (χ2v) is 4.53. The molecular weight excluding hydrogens is 218 g/mol. The van der Waals surface area contributed by atoms with Crippen LogP contribution in [0.25, 0.3) is 0 Å². The largest absolute Gasteiger partial charge is 0.342 e. The molecule has 0 saturated heterocycles. The highest BCUT2D eigenvalue weighted by Gasteiger charge is 2.10. The van der Waals surface area contributed by atoms with E-state index in [0.717, 1.165) is 25.8 Å². The van der Waals surface area contributed by atoms with Crippen LogP contribution in [0.2, 0.25) is 0 Å². The SMILES string of the molecule is C=CCCCN(C1=CCCC=C1)c1ccccc1. The number of nitrogens with zero attached hydrogens (tertiary/aromatic N) is 1. The van der Waals surface area contributed by atoms with E-state index in [1.165, 1.54) is 17.8 Å². The molecule has 0 fully saturated rings. The van der Waals surface area contributed by atoms with Crippen molar-refractivity contribution in [3.8, 4) is 0 Å². The van der Waals surface area contributed by atoms with Crippen molar-refractivity contribution in [2.45, 2.75) is 25.7 Å². The Morgan fingerprint density at radius 3 is 2.67 bits per heavy atom. The lowest BCUT2D eigenvalue weighted by atomic mass is 10.1. The Labute approximate surface area is 110 Å². The Morgan fingerprint density at radius 2 is 2.00 bits per heavy atom. The molecule has 2 rings (SSSR count). The Balaban J connectivity index is 2.14. The molecule has 0 spiro atoms. The highest BCUT2D eigenvalue weighted by Crippen LogP contribution is 2.23. The molecule has 0 atom stereocenters. The van der Waals surface area contributed by atoms with E-state index in [-0.39, 0.29) is 0 Å². The van der Waals surface area contributed by atoms with Gasteiger partial charge in [0.2, 0.25) is 0 Å². The highest BCUT2D eigenvalue weighted by molar-refractivity contribution is 5.54. The third kappa shape index (κ3) is 3.36. The van der Waals surface area contributed by atoms with E-state index in [9.17, 15) is 0 Å². The third-order valence-corrected chi connectivity index (χ3v) is 3.14. The number of rotatable bonds is 6. The summed E-state index contributed by atoms with van der Waals surface area (Å²) in [6.07, 6.45) is 13.4. The summed E-state index contributed by atoms with van der Waals surface area (Å²) in [5, 5.41) is 0. The van der Waals surface area contributed by atoms with Crippen molar-refractivity contribution in [2.75, 3.05) is 11.4 Å². The number of allylic oxidation sites excluding steroid dienone is 4. The number of hydrogen-bond acceptors (Lipinski definition) is 1. The molecule has 1 aromatic rings. The fourth-order valence-corrected chi connectivity index (χ4v) is 2.21. The summed E-state index contributed by atoms with van der Waals surface area (Å²) in [5.41, 5.74) is 2.61. The summed E-state index contributed by atoms with van der Waals surface area (Å²) >= 11 is 0. The van der Waals surface area contributed by atoms with Gasteiger partial charge in [0.25, 0.3) is 0 Å². The average molecular weight is 239 g/mol. The molecule has 94 valence electrons. The van der Waals surface area contributed by atoms with Gasteiger partial charge in [-0.15, -0.1) is 6.58 Å². The van der Waals surface area contributed by atoms with E-state index in [1.807, 2.05) is 6.08 Å². The van der Waals surface area contributed by atoms with E-state index in [4.69, 9.17) is 0 Å². The molecule has 1 aliphatic rings. The van der Waals surface area contributed by atoms with Gasteiger partial charge in [0.1, 0.15) is 0 Å². The summed E-state index contributed by atoms with van der Waals surface area (Å²) in [6, 6.07) is 10.6. The van der Waals surface area contributed by atoms with Crippen molar-refractivity contribution in [3.05, 3.63) is 66.9 Å². The van der Waals surface area contributed by atoms with E-state index in [1.54, 1.807) is 0 Å². The minimum absolute atomic E-state index is 1.05. The second-order valence-electron chi connectivity index (χ2n) is 4.53. The molecule has 1 nitrogen and oxygen atoms in total. The lowest BCUT2D eigenvalue weighted by molar-refractivity contribution is 0.800. The van der Waals surface area contributed by atoms with Crippen LogP contribution >= 0.6 is 0 Å². The highest BCUT2D eigenvalue weighted by atomic mass is 15.1. The van der Waals surface area contributed by atoms with Crippen LogP contribution in [0.1, 0.15) is 25.7 Å². The first kappa shape index (κ1) is 12.7. The van der Waals surface area contributed by atoms with E-state index in [2.05, 4.69) is 60.0 Å². The first-order valence-corrected chi connectivity index (χ1v) is 6.72. The smallest absolute Gasteiger partial charge is 0.0410 e. The summed E-state index contributed by atoms with van der Waals surface area (Å²) in [4.78, 5) is 2.40. The minimum atomic E-state index is 1.05. The maximum Gasteiger partial charge on any atom is 0.0410 e. The molecule has 18 heavy (non-hydrogen) atoms. The van der Waals surface area contributed by atoms with Crippen molar-refractivity contribution in [1.82, 2.24) is 0 Å². The molecule has 0 unspecified atom stereocenters. The molecule has 0 aromatic heterocycles. The molecule has 1 aliphatic carbocycles. The van der Waals surface area contributed by atoms with Crippen LogP contribution < -0.4 is 4.90 Å². The lowest BCUT2D eigenvalue weighted by Crippen LogP contribution is -2.23. The van der Waals surface area contributed by atoms with Gasteiger partial charge in [0, 0.05) is 17.9 Å². The maximum absolute atomic E-state index is 3.80. The van der Waals surface area contributed by atoms with Gasteiger partial charge in [-0.2, -0.15) is 0 Å². The summed E-state index contributed by atoms with van der Waals surface area (Å²) in [7, 11) is 0. The molecule has 1 aromatic carbocycles. The first-order chi connectivity index (χ1) is 8.92. The Kier molecular flexibility index (Phi) is 4.83. The van der Waals surface area contributed by atoms with Gasteiger partial charge in [-0.25, -0.2) is 0 Å². The predicted octanol–water partition coefficient (Wildman–Crippen LogP) is 4.69. The van der Waals surface area contributed by atoms with Crippen LogP contribution in [0, 0.1) is 0 Å². The van der Waals surface area contributed by atoms with Crippen molar-refractivity contribution >= 4 is 5.69 Å². The van der Waals surface area contributed by atoms with Crippen LogP contribution in [0.15, 0.2) is 66.9 Å².